The highest BCUT2D eigenvalue weighted by Gasteiger charge is 2.33. The van der Waals surface area contributed by atoms with Gasteiger partial charge in [-0.1, -0.05) is 48.5 Å². The highest BCUT2D eigenvalue weighted by atomic mass is 31.2. The van der Waals surface area contributed by atoms with Crippen molar-refractivity contribution in [1.82, 2.24) is 10.1 Å². The SMILES string of the molecule is Cc1ncc(COP(=O)(NC(C)C(=O)Oc2ccc3ccccc3c2)Oc2ccccc2)c(C=O)c1O. The topological polar surface area (TPSA) is 124 Å². The minimum absolute atomic E-state index is 0.0393. The molecule has 2 unspecified atom stereocenters. The molecule has 2 atom stereocenters. The van der Waals surface area contributed by atoms with Crippen LogP contribution in [0.15, 0.2) is 79.0 Å². The number of esters is 1. The Hall–Kier alpha value is -4.04. The summed E-state index contributed by atoms with van der Waals surface area (Å²) in [6.07, 6.45) is 1.80. The second kappa shape index (κ2) is 11.3. The molecular formula is C27H25N2O7P. The first kappa shape index (κ1) is 26.0. The minimum Gasteiger partial charge on any atom is -0.505 e. The number of aromatic nitrogens is 1. The summed E-state index contributed by atoms with van der Waals surface area (Å²) in [5.41, 5.74) is 0.420. The predicted octanol–water partition coefficient (Wildman–Crippen LogP) is 5.35. The van der Waals surface area contributed by atoms with Crippen molar-refractivity contribution < 1.29 is 33.0 Å². The molecule has 0 spiro atoms. The van der Waals surface area contributed by atoms with Gasteiger partial charge >= 0.3 is 13.7 Å². The quantitative estimate of drug-likeness (QED) is 0.123. The lowest BCUT2D eigenvalue weighted by atomic mass is 10.1. The smallest absolute Gasteiger partial charge is 0.459 e. The first-order chi connectivity index (χ1) is 17.8. The third kappa shape index (κ3) is 6.40. The number of para-hydroxylation sites is 1. The average Bonchev–Trinajstić information content (AvgIpc) is 2.89. The van der Waals surface area contributed by atoms with E-state index in [1.807, 2.05) is 30.3 Å². The molecule has 4 rings (SSSR count). The van der Waals surface area contributed by atoms with E-state index in [2.05, 4.69) is 10.1 Å². The van der Waals surface area contributed by atoms with Crippen molar-refractivity contribution in [3.8, 4) is 17.2 Å². The van der Waals surface area contributed by atoms with Crippen molar-refractivity contribution in [3.63, 3.8) is 0 Å². The standard InChI is InChI=1S/C27H25N2O7P/c1-18-26(31)25(16-30)22(15-28-18)17-34-37(33,36-23-10-4-3-5-11-23)29-19(2)27(32)35-24-13-12-20-8-6-7-9-21(20)14-24/h3-16,19,31H,17H2,1-2H3,(H,29,33). The fraction of sp³-hybridized carbons (Fsp3) is 0.148. The van der Waals surface area contributed by atoms with E-state index in [1.54, 1.807) is 49.4 Å². The molecule has 1 aromatic heterocycles. The summed E-state index contributed by atoms with van der Waals surface area (Å²) in [6.45, 7) is 2.61. The molecule has 0 amide bonds. The molecule has 0 radical (unpaired) electrons. The third-order valence-electron chi connectivity index (χ3n) is 5.48. The van der Waals surface area contributed by atoms with Gasteiger partial charge in [0.15, 0.2) is 6.29 Å². The zero-order valence-electron chi connectivity index (χ0n) is 20.2. The lowest BCUT2D eigenvalue weighted by Gasteiger charge is -2.23. The zero-order chi connectivity index (χ0) is 26.4. The van der Waals surface area contributed by atoms with Crippen LogP contribution in [-0.4, -0.2) is 28.4 Å². The summed E-state index contributed by atoms with van der Waals surface area (Å²) in [5, 5.41) is 14.6. The molecule has 190 valence electrons. The number of hydrogen-bond donors (Lipinski definition) is 2. The second-order valence-electron chi connectivity index (χ2n) is 8.21. The molecule has 0 fully saturated rings. The fourth-order valence-corrected chi connectivity index (χ4v) is 4.96. The van der Waals surface area contributed by atoms with Crippen LogP contribution in [0.4, 0.5) is 0 Å². The number of hydrogen-bond acceptors (Lipinski definition) is 8. The van der Waals surface area contributed by atoms with Crippen LogP contribution in [0, 0.1) is 6.92 Å². The molecule has 0 aliphatic heterocycles. The molecular weight excluding hydrogens is 495 g/mol. The van der Waals surface area contributed by atoms with Crippen LogP contribution in [0.2, 0.25) is 0 Å². The minimum atomic E-state index is -4.19. The van der Waals surface area contributed by atoms with Crippen LogP contribution >= 0.6 is 7.75 Å². The van der Waals surface area contributed by atoms with E-state index in [0.29, 0.717) is 12.0 Å². The molecule has 37 heavy (non-hydrogen) atoms. The number of ether oxygens (including phenoxy) is 1. The maximum absolute atomic E-state index is 13.7. The van der Waals surface area contributed by atoms with Gasteiger partial charge in [0.1, 0.15) is 23.3 Å². The van der Waals surface area contributed by atoms with Gasteiger partial charge in [-0.3, -0.25) is 14.3 Å². The number of nitrogens with zero attached hydrogens (tertiary/aromatic N) is 1. The highest BCUT2D eigenvalue weighted by Crippen LogP contribution is 2.46. The zero-order valence-corrected chi connectivity index (χ0v) is 21.1. The summed E-state index contributed by atoms with van der Waals surface area (Å²) in [5.74, 6) is -0.447. The molecule has 0 saturated heterocycles. The molecule has 0 saturated carbocycles. The van der Waals surface area contributed by atoms with Gasteiger partial charge in [-0.25, -0.2) is 9.36 Å². The summed E-state index contributed by atoms with van der Waals surface area (Å²) in [4.78, 5) is 28.4. The Balaban J connectivity index is 1.52. The Bertz CT molecular complexity index is 1480. The van der Waals surface area contributed by atoms with E-state index in [-0.39, 0.29) is 28.3 Å². The lowest BCUT2D eigenvalue weighted by molar-refractivity contribution is -0.135. The van der Waals surface area contributed by atoms with Crippen molar-refractivity contribution in [2.75, 3.05) is 0 Å². The van der Waals surface area contributed by atoms with Gasteiger partial charge in [0, 0.05) is 11.8 Å². The number of rotatable bonds is 10. The van der Waals surface area contributed by atoms with Gasteiger partial charge in [0.05, 0.1) is 17.9 Å². The van der Waals surface area contributed by atoms with Crippen molar-refractivity contribution in [1.29, 1.82) is 0 Å². The van der Waals surface area contributed by atoms with Gasteiger partial charge in [0.2, 0.25) is 0 Å². The van der Waals surface area contributed by atoms with Crippen LogP contribution in [-0.2, 0) is 20.5 Å². The van der Waals surface area contributed by atoms with Crippen molar-refractivity contribution in [2.24, 2.45) is 0 Å². The summed E-state index contributed by atoms with van der Waals surface area (Å²) in [6, 6.07) is 20.0. The van der Waals surface area contributed by atoms with Gasteiger partial charge < -0.3 is 14.4 Å². The Kier molecular flexibility index (Phi) is 7.98. The molecule has 4 aromatic rings. The van der Waals surface area contributed by atoms with E-state index in [9.17, 15) is 19.3 Å². The molecule has 2 N–H and O–H groups in total. The van der Waals surface area contributed by atoms with E-state index in [4.69, 9.17) is 13.8 Å². The molecule has 0 aliphatic rings. The molecule has 9 nitrogen and oxygen atoms in total. The van der Waals surface area contributed by atoms with Crippen LogP contribution in [0.1, 0.15) is 28.5 Å². The molecule has 10 heteroatoms. The third-order valence-corrected chi connectivity index (χ3v) is 7.10. The second-order valence-corrected chi connectivity index (χ2v) is 9.90. The normalized spacial score (nSPS) is 13.5. The highest BCUT2D eigenvalue weighted by molar-refractivity contribution is 7.52. The molecule has 0 bridgehead atoms. The van der Waals surface area contributed by atoms with E-state index < -0.39 is 26.4 Å². The number of nitrogens with one attached hydrogen (secondary N) is 1. The van der Waals surface area contributed by atoms with Crippen LogP contribution in [0.25, 0.3) is 10.8 Å². The molecule has 1 heterocycles. The van der Waals surface area contributed by atoms with Crippen LogP contribution < -0.4 is 14.3 Å². The number of aromatic hydroxyl groups is 1. The first-order valence-corrected chi connectivity index (χ1v) is 12.9. The molecule has 0 aliphatic carbocycles. The van der Waals surface area contributed by atoms with Crippen molar-refractivity contribution in [2.45, 2.75) is 26.5 Å². The Morgan fingerprint density at radius 2 is 1.76 bits per heavy atom. The Labute approximate surface area is 213 Å². The average molecular weight is 520 g/mol. The number of carbonyl (C=O) groups is 2. The maximum atomic E-state index is 13.7. The van der Waals surface area contributed by atoms with Gasteiger partial charge in [-0.05, 0) is 48.9 Å². The first-order valence-electron chi connectivity index (χ1n) is 11.4. The number of carbonyl (C=O) groups excluding carboxylic acids is 2. The molecule has 3 aromatic carbocycles. The number of fused-ring (bicyclic) bond motifs is 1. The van der Waals surface area contributed by atoms with Gasteiger partial charge in [-0.15, -0.1) is 0 Å². The van der Waals surface area contributed by atoms with Crippen LogP contribution in [0.5, 0.6) is 17.2 Å². The van der Waals surface area contributed by atoms with E-state index in [0.717, 1.165) is 10.8 Å². The number of aryl methyl sites for hydroxylation is 1. The fourth-order valence-electron chi connectivity index (χ4n) is 3.49. The predicted molar refractivity (Wildman–Crippen MR) is 138 cm³/mol. The number of aldehydes is 1. The largest absolute Gasteiger partial charge is 0.505 e. The Morgan fingerprint density at radius 3 is 2.49 bits per heavy atom. The number of benzene rings is 3. The Morgan fingerprint density at radius 1 is 1.05 bits per heavy atom. The van der Waals surface area contributed by atoms with Gasteiger partial charge in [-0.2, -0.15) is 5.09 Å². The lowest BCUT2D eigenvalue weighted by Crippen LogP contribution is -2.36. The number of pyridine rings is 1. The summed E-state index contributed by atoms with van der Waals surface area (Å²) >= 11 is 0. The monoisotopic (exact) mass is 520 g/mol. The van der Waals surface area contributed by atoms with E-state index in [1.165, 1.54) is 13.1 Å². The van der Waals surface area contributed by atoms with Crippen molar-refractivity contribution in [3.05, 3.63) is 95.8 Å². The van der Waals surface area contributed by atoms with E-state index >= 15 is 0 Å². The van der Waals surface area contributed by atoms with Gasteiger partial charge in [0.25, 0.3) is 0 Å². The van der Waals surface area contributed by atoms with Crippen molar-refractivity contribution >= 4 is 30.8 Å². The summed E-state index contributed by atoms with van der Waals surface area (Å²) < 4.78 is 30.4. The maximum Gasteiger partial charge on any atom is 0.459 e. The van der Waals surface area contributed by atoms with Crippen LogP contribution in [0.3, 0.4) is 0 Å². The summed E-state index contributed by atoms with van der Waals surface area (Å²) in [7, 11) is -4.19.